The molecule has 0 saturated heterocycles. The second-order valence-corrected chi connectivity index (χ2v) is 6.67. The number of anilines is 1. The van der Waals surface area contributed by atoms with Crippen LogP contribution in [0.25, 0.3) is 0 Å². The molecule has 2 rings (SSSR count). The van der Waals surface area contributed by atoms with Crippen molar-refractivity contribution in [3.8, 4) is 6.07 Å². The van der Waals surface area contributed by atoms with Crippen molar-refractivity contribution in [2.24, 2.45) is 10.7 Å². The van der Waals surface area contributed by atoms with E-state index in [0.717, 1.165) is 0 Å². The molecule has 2 amide bonds. The van der Waals surface area contributed by atoms with E-state index in [2.05, 4.69) is 20.6 Å². The van der Waals surface area contributed by atoms with E-state index in [1.807, 2.05) is 6.07 Å². The van der Waals surface area contributed by atoms with E-state index in [0.29, 0.717) is 11.6 Å². The van der Waals surface area contributed by atoms with Crippen molar-refractivity contribution in [2.75, 3.05) is 12.4 Å². The second-order valence-electron chi connectivity index (χ2n) is 6.26. The number of aliphatic imine (C=N–C) groups is 1. The Morgan fingerprint density at radius 2 is 2.03 bits per heavy atom. The smallest absolute Gasteiger partial charge is 0.395 e. The first kappa shape index (κ1) is 24.4. The van der Waals surface area contributed by atoms with Crippen molar-refractivity contribution in [3.05, 3.63) is 63.9 Å². The third-order valence-electron chi connectivity index (χ3n) is 3.99. The number of alkyl halides is 3. The first-order chi connectivity index (χ1) is 15.0. The maximum Gasteiger partial charge on any atom is 0.430 e. The molecule has 1 aromatic heterocycles. The first-order valence-electron chi connectivity index (χ1n) is 8.79. The summed E-state index contributed by atoms with van der Waals surface area (Å²) in [6.07, 6.45) is -3.31. The van der Waals surface area contributed by atoms with E-state index >= 15 is 0 Å². The number of amides is 2. The number of pyridine rings is 1. The molecule has 1 aromatic carbocycles. The van der Waals surface area contributed by atoms with Gasteiger partial charge in [-0.05, 0) is 42.8 Å². The van der Waals surface area contributed by atoms with Crippen LogP contribution in [0.3, 0.4) is 0 Å². The largest absolute Gasteiger partial charge is 0.430 e. The number of aryl methyl sites for hydroxylation is 1. The van der Waals surface area contributed by atoms with Crippen LogP contribution >= 0.6 is 11.6 Å². The Morgan fingerprint density at radius 3 is 2.59 bits per heavy atom. The Labute approximate surface area is 185 Å². The van der Waals surface area contributed by atoms with Crippen LogP contribution in [-0.4, -0.2) is 35.7 Å². The lowest BCUT2D eigenvalue weighted by Crippen LogP contribution is -2.28. The highest BCUT2D eigenvalue weighted by molar-refractivity contribution is 6.48. The minimum absolute atomic E-state index is 0.0163. The average molecular weight is 465 g/mol. The number of carbonyl (C=O) groups excluding carboxylic acids is 2. The standard InChI is InChI=1S/C20H16ClF3N6O2/c1-10-6-11(9-25)7-12(18(31)27-2)16(10)30-19(32)14(8-15(26)20(22,23)24)29-17-13(21)4-3-5-28-17/h3-8H,26H2,1-2H3,(H,27,31)(H,30,32). The zero-order valence-electron chi connectivity index (χ0n) is 16.7. The van der Waals surface area contributed by atoms with Gasteiger partial charge < -0.3 is 16.4 Å². The SMILES string of the molecule is CNC(=O)c1cc(C#N)cc(C)c1NC(=O)C(C=C(N)C(F)(F)F)=Nc1ncccc1Cl. The maximum absolute atomic E-state index is 13.0. The minimum atomic E-state index is -4.92. The third-order valence-corrected chi connectivity index (χ3v) is 4.29. The normalized spacial score (nSPS) is 12.2. The van der Waals surface area contributed by atoms with Crippen LogP contribution in [0, 0.1) is 18.3 Å². The number of hydrogen-bond donors (Lipinski definition) is 3. The summed E-state index contributed by atoms with van der Waals surface area (Å²) < 4.78 is 38.9. The van der Waals surface area contributed by atoms with E-state index in [4.69, 9.17) is 22.6 Å². The molecule has 12 heteroatoms. The van der Waals surface area contributed by atoms with Crippen LogP contribution < -0.4 is 16.4 Å². The van der Waals surface area contributed by atoms with Gasteiger partial charge in [-0.15, -0.1) is 0 Å². The zero-order chi connectivity index (χ0) is 24.1. The Morgan fingerprint density at radius 1 is 1.34 bits per heavy atom. The summed E-state index contributed by atoms with van der Waals surface area (Å²) in [5, 5.41) is 13.8. The van der Waals surface area contributed by atoms with Crippen LogP contribution in [0.15, 0.2) is 47.2 Å². The number of carbonyl (C=O) groups is 2. The summed E-state index contributed by atoms with van der Waals surface area (Å²) in [6.45, 7) is 1.51. The van der Waals surface area contributed by atoms with Gasteiger partial charge in [-0.3, -0.25) is 9.59 Å². The molecule has 0 saturated carbocycles. The number of nitrogens with one attached hydrogen (secondary N) is 2. The third kappa shape index (κ3) is 5.83. The van der Waals surface area contributed by atoms with Crippen molar-refractivity contribution in [1.82, 2.24) is 10.3 Å². The quantitative estimate of drug-likeness (QED) is 0.583. The number of rotatable bonds is 5. The van der Waals surface area contributed by atoms with E-state index in [1.54, 1.807) is 0 Å². The number of aromatic nitrogens is 1. The fourth-order valence-electron chi connectivity index (χ4n) is 2.46. The molecule has 0 fully saturated rings. The molecular weight excluding hydrogens is 449 g/mol. The molecule has 0 unspecified atom stereocenters. The Kier molecular flexibility index (Phi) is 7.56. The highest BCUT2D eigenvalue weighted by atomic mass is 35.5. The molecule has 0 aliphatic heterocycles. The lowest BCUT2D eigenvalue weighted by Gasteiger charge is -2.14. The molecule has 0 atom stereocenters. The summed E-state index contributed by atoms with van der Waals surface area (Å²) in [4.78, 5) is 32.8. The van der Waals surface area contributed by atoms with Gasteiger partial charge in [0.1, 0.15) is 11.4 Å². The lowest BCUT2D eigenvalue weighted by atomic mass is 10.0. The Balaban J connectivity index is 2.61. The van der Waals surface area contributed by atoms with Gasteiger partial charge >= 0.3 is 6.18 Å². The molecule has 166 valence electrons. The van der Waals surface area contributed by atoms with Gasteiger partial charge in [0.05, 0.1) is 27.9 Å². The average Bonchev–Trinajstić information content (AvgIpc) is 2.74. The van der Waals surface area contributed by atoms with Crippen molar-refractivity contribution in [3.63, 3.8) is 0 Å². The van der Waals surface area contributed by atoms with Crippen molar-refractivity contribution < 1.29 is 22.8 Å². The number of nitriles is 1. The number of benzene rings is 1. The maximum atomic E-state index is 13.0. The van der Waals surface area contributed by atoms with Crippen LogP contribution in [0.2, 0.25) is 5.02 Å². The number of nitrogens with zero attached hydrogens (tertiary/aromatic N) is 3. The van der Waals surface area contributed by atoms with E-state index in [-0.39, 0.29) is 27.7 Å². The van der Waals surface area contributed by atoms with Crippen LogP contribution in [0.1, 0.15) is 21.5 Å². The fourth-order valence-corrected chi connectivity index (χ4v) is 2.62. The van der Waals surface area contributed by atoms with E-state index < -0.39 is 29.4 Å². The molecular formula is C20H16ClF3N6O2. The first-order valence-corrected chi connectivity index (χ1v) is 9.17. The van der Waals surface area contributed by atoms with Gasteiger partial charge in [-0.1, -0.05) is 11.6 Å². The topological polar surface area (TPSA) is 133 Å². The second kappa shape index (κ2) is 9.93. The number of halogens is 4. The lowest BCUT2D eigenvalue weighted by molar-refractivity contribution is -0.110. The molecule has 1 heterocycles. The Hall–Kier alpha value is -3.91. The molecule has 8 nitrogen and oxygen atoms in total. The number of hydrogen-bond acceptors (Lipinski definition) is 6. The highest BCUT2D eigenvalue weighted by Gasteiger charge is 2.32. The van der Waals surface area contributed by atoms with Gasteiger partial charge in [0, 0.05) is 13.2 Å². The van der Waals surface area contributed by atoms with Gasteiger partial charge in [-0.2, -0.15) is 18.4 Å². The summed E-state index contributed by atoms with van der Waals surface area (Å²) >= 11 is 5.94. The highest BCUT2D eigenvalue weighted by Crippen LogP contribution is 2.26. The predicted molar refractivity (Wildman–Crippen MR) is 113 cm³/mol. The summed E-state index contributed by atoms with van der Waals surface area (Å²) in [5.41, 5.74) is 3.10. The van der Waals surface area contributed by atoms with E-state index in [9.17, 15) is 22.8 Å². The van der Waals surface area contributed by atoms with Crippen molar-refractivity contribution >= 4 is 40.6 Å². The predicted octanol–water partition coefficient (Wildman–Crippen LogP) is 3.39. The molecule has 4 N–H and O–H groups in total. The van der Waals surface area contributed by atoms with Crippen LogP contribution in [-0.2, 0) is 4.79 Å². The Bertz CT molecular complexity index is 1170. The van der Waals surface area contributed by atoms with Gasteiger partial charge in [-0.25, -0.2) is 9.98 Å². The van der Waals surface area contributed by atoms with Crippen molar-refractivity contribution in [2.45, 2.75) is 13.1 Å². The zero-order valence-corrected chi connectivity index (χ0v) is 17.5. The van der Waals surface area contributed by atoms with Gasteiger partial charge in [0.15, 0.2) is 5.82 Å². The van der Waals surface area contributed by atoms with Crippen molar-refractivity contribution in [1.29, 1.82) is 5.26 Å². The summed E-state index contributed by atoms with van der Waals surface area (Å²) in [6, 6.07) is 7.36. The van der Waals surface area contributed by atoms with E-state index in [1.165, 1.54) is 44.4 Å². The molecule has 0 spiro atoms. The molecule has 0 bridgehead atoms. The van der Waals surface area contributed by atoms with Crippen LogP contribution in [0.4, 0.5) is 24.7 Å². The molecule has 32 heavy (non-hydrogen) atoms. The molecule has 0 radical (unpaired) electrons. The molecule has 2 aromatic rings. The molecule has 0 aliphatic rings. The monoisotopic (exact) mass is 464 g/mol. The van der Waals surface area contributed by atoms with Gasteiger partial charge in [0.2, 0.25) is 0 Å². The number of allylic oxidation sites excluding steroid dienone is 1. The van der Waals surface area contributed by atoms with Gasteiger partial charge in [0.25, 0.3) is 11.8 Å². The molecule has 0 aliphatic carbocycles. The fraction of sp³-hybridized carbons (Fsp3) is 0.150. The minimum Gasteiger partial charge on any atom is -0.395 e. The number of nitrogens with two attached hydrogens (primary N) is 1. The van der Waals surface area contributed by atoms with Crippen LogP contribution in [0.5, 0.6) is 0 Å². The summed E-state index contributed by atoms with van der Waals surface area (Å²) in [5.74, 6) is -1.96. The summed E-state index contributed by atoms with van der Waals surface area (Å²) in [7, 11) is 1.34.